The number of hydrogen-bond acceptors (Lipinski definition) is 5. The Morgan fingerprint density at radius 2 is 0.778 bits per heavy atom. The molecule has 0 aromatic heterocycles. The maximum absolute atomic E-state index is 12.5. The topological polar surface area (TPSA) is 110 Å². The van der Waals surface area contributed by atoms with Crippen LogP contribution in [0.4, 0.5) is 0 Å². The van der Waals surface area contributed by atoms with Gasteiger partial charge in [-0.25, -0.2) is 0 Å². The monoisotopic (exact) mass is 764 g/mol. The van der Waals surface area contributed by atoms with E-state index in [0.29, 0.717) is 19.3 Å². The van der Waals surface area contributed by atoms with Crippen molar-refractivity contribution in [3.63, 3.8) is 0 Å². The lowest BCUT2D eigenvalue weighted by atomic mass is 10.00. The van der Waals surface area contributed by atoms with Crippen LogP contribution in [0.15, 0.2) is 24.3 Å². The van der Waals surface area contributed by atoms with Crippen molar-refractivity contribution in [1.29, 1.82) is 0 Å². The van der Waals surface area contributed by atoms with E-state index >= 15 is 0 Å². The summed E-state index contributed by atoms with van der Waals surface area (Å²) in [5.74, 6) is -0.597. The smallest absolute Gasteiger partial charge is 0.249 e. The highest BCUT2D eigenvalue weighted by Gasteiger charge is 2.28. The molecule has 0 radical (unpaired) electrons. The fourth-order valence-corrected chi connectivity index (χ4v) is 7.36. The molecule has 6 heteroatoms. The minimum absolute atomic E-state index is 0.363. The van der Waals surface area contributed by atoms with Gasteiger partial charge in [0.25, 0.3) is 0 Å². The van der Waals surface area contributed by atoms with Crippen molar-refractivity contribution in [3.05, 3.63) is 24.3 Å². The van der Waals surface area contributed by atoms with Crippen LogP contribution in [0.25, 0.3) is 0 Å². The van der Waals surface area contributed by atoms with Crippen molar-refractivity contribution in [2.24, 2.45) is 0 Å². The quantitative estimate of drug-likeness (QED) is 0.0314. The van der Waals surface area contributed by atoms with E-state index in [1.165, 1.54) is 173 Å². The molecule has 4 unspecified atom stereocenters. The van der Waals surface area contributed by atoms with Crippen molar-refractivity contribution in [2.75, 3.05) is 6.61 Å². The predicted octanol–water partition coefficient (Wildman–Crippen LogP) is 12.7. The summed E-state index contributed by atoms with van der Waals surface area (Å²) < 4.78 is 0. The maximum Gasteiger partial charge on any atom is 0.249 e. The molecule has 0 rings (SSSR count). The molecule has 0 fully saturated rings. The number of carbonyl (C=O) groups is 1. The van der Waals surface area contributed by atoms with E-state index in [9.17, 15) is 25.2 Å². The SMILES string of the molecule is CCCCCCCCCCCCCCCCCCC/C=C/CC/C=C/CCCC(O)C(O)C(CO)NC(=O)C(O)CCCCCCCCCCCCCC. The van der Waals surface area contributed by atoms with Crippen LogP contribution >= 0.6 is 0 Å². The molecular formula is C48H93NO5. The van der Waals surface area contributed by atoms with Gasteiger partial charge < -0.3 is 25.7 Å². The summed E-state index contributed by atoms with van der Waals surface area (Å²) in [5.41, 5.74) is 0. The Hall–Kier alpha value is -1.21. The number of amides is 1. The molecule has 0 aliphatic rings. The third-order valence-corrected chi connectivity index (χ3v) is 11.1. The number of hydrogen-bond donors (Lipinski definition) is 5. The molecule has 0 spiro atoms. The zero-order chi connectivity index (χ0) is 39.6. The summed E-state index contributed by atoms with van der Waals surface area (Å²) in [6.45, 7) is 4.04. The van der Waals surface area contributed by atoms with E-state index in [-0.39, 0.29) is 0 Å². The van der Waals surface area contributed by atoms with Crippen molar-refractivity contribution < 1.29 is 25.2 Å². The number of aliphatic hydroxyl groups is 4. The molecule has 0 aliphatic heterocycles. The Kier molecular flexibility index (Phi) is 42.0. The van der Waals surface area contributed by atoms with Crippen molar-refractivity contribution in [2.45, 2.75) is 269 Å². The van der Waals surface area contributed by atoms with Crippen LogP contribution in [0.2, 0.25) is 0 Å². The van der Waals surface area contributed by atoms with Gasteiger partial charge >= 0.3 is 0 Å². The van der Waals surface area contributed by atoms with Gasteiger partial charge in [0.15, 0.2) is 0 Å². The highest BCUT2D eigenvalue weighted by molar-refractivity contribution is 5.80. The van der Waals surface area contributed by atoms with Crippen LogP contribution in [0.1, 0.15) is 245 Å². The predicted molar refractivity (Wildman–Crippen MR) is 233 cm³/mol. The molecule has 54 heavy (non-hydrogen) atoms. The molecule has 1 amide bonds. The Labute approximate surface area is 335 Å². The standard InChI is InChI=1S/C48H93NO5/c1-3-5-7-9-11-13-15-17-18-19-20-21-22-23-24-25-26-27-28-29-30-32-33-35-37-39-41-45(51)47(53)44(43-50)49-48(54)46(52)42-40-38-36-34-31-16-14-12-10-8-6-4-2/h28-29,33,35,44-47,50-53H,3-27,30-32,34,36-43H2,1-2H3,(H,49,54)/b29-28+,35-33+. The lowest BCUT2D eigenvalue weighted by Crippen LogP contribution is -2.53. The number of carbonyl (C=O) groups excluding carboxylic acids is 1. The first-order valence-electron chi connectivity index (χ1n) is 23.7. The Morgan fingerprint density at radius 3 is 1.17 bits per heavy atom. The van der Waals surface area contributed by atoms with E-state index < -0.39 is 36.9 Å². The van der Waals surface area contributed by atoms with Gasteiger partial charge in [0.2, 0.25) is 5.91 Å². The molecule has 0 aromatic rings. The summed E-state index contributed by atoms with van der Waals surface area (Å²) >= 11 is 0. The van der Waals surface area contributed by atoms with Crippen molar-refractivity contribution in [1.82, 2.24) is 5.32 Å². The van der Waals surface area contributed by atoms with Gasteiger partial charge in [-0.2, -0.15) is 0 Å². The number of unbranched alkanes of at least 4 members (excludes halogenated alkanes) is 30. The lowest BCUT2D eigenvalue weighted by molar-refractivity contribution is -0.132. The van der Waals surface area contributed by atoms with Crippen LogP contribution in [-0.2, 0) is 4.79 Å². The summed E-state index contributed by atoms with van der Waals surface area (Å²) in [5, 5.41) is 43.6. The highest BCUT2D eigenvalue weighted by Crippen LogP contribution is 2.16. The average Bonchev–Trinajstić information content (AvgIpc) is 3.18. The molecule has 0 aromatic carbocycles. The van der Waals surface area contributed by atoms with Gasteiger partial charge in [-0.3, -0.25) is 4.79 Å². The Bertz CT molecular complexity index is 817. The molecule has 0 aliphatic carbocycles. The number of nitrogens with one attached hydrogen (secondary N) is 1. The van der Waals surface area contributed by atoms with E-state index in [1.807, 2.05) is 0 Å². The second-order valence-electron chi connectivity index (χ2n) is 16.4. The van der Waals surface area contributed by atoms with E-state index in [2.05, 4.69) is 43.5 Å². The third-order valence-electron chi connectivity index (χ3n) is 11.1. The summed E-state index contributed by atoms with van der Waals surface area (Å²) in [4.78, 5) is 12.5. The summed E-state index contributed by atoms with van der Waals surface area (Å²) in [7, 11) is 0. The lowest BCUT2D eigenvalue weighted by Gasteiger charge is -2.27. The zero-order valence-electron chi connectivity index (χ0n) is 36.0. The molecule has 6 nitrogen and oxygen atoms in total. The first kappa shape index (κ1) is 52.8. The summed E-state index contributed by atoms with van der Waals surface area (Å²) in [6.07, 6.45) is 49.5. The van der Waals surface area contributed by atoms with E-state index in [1.54, 1.807) is 0 Å². The first-order chi connectivity index (χ1) is 26.5. The Morgan fingerprint density at radius 1 is 0.444 bits per heavy atom. The van der Waals surface area contributed by atoms with Crippen molar-refractivity contribution >= 4 is 5.91 Å². The molecule has 5 N–H and O–H groups in total. The fraction of sp³-hybridized carbons (Fsp3) is 0.896. The zero-order valence-corrected chi connectivity index (χ0v) is 36.0. The molecule has 320 valence electrons. The second-order valence-corrected chi connectivity index (χ2v) is 16.4. The summed E-state index contributed by atoms with van der Waals surface area (Å²) in [6, 6.07) is -1.00. The normalized spacial score (nSPS) is 14.3. The minimum Gasteiger partial charge on any atom is -0.394 e. The number of aliphatic hydroxyl groups excluding tert-OH is 4. The molecule has 0 bridgehead atoms. The first-order valence-corrected chi connectivity index (χ1v) is 23.7. The van der Waals surface area contributed by atoms with Crippen LogP contribution in [0.3, 0.4) is 0 Å². The number of rotatable bonds is 43. The third kappa shape index (κ3) is 36.4. The van der Waals surface area contributed by atoms with Gasteiger partial charge in [0.05, 0.1) is 18.8 Å². The Balaban J connectivity index is 3.71. The maximum atomic E-state index is 12.5. The molecule has 0 saturated heterocycles. The van der Waals surface area contributed by atoms with Gasteiger partial charge in [-0.15, -0.1) is 0 Å². The second kappa shape index (κ2) is 42.9. The molecule has 4 atom stereocenters. The van der Waals surface area contributed by atoms with Gasteiger partial charge in [-0.05, 0) is 51.4 Å². The van der Waals surface area contributed by atoms with E-state index in [4.69, 9.17) is 0 Å². The largest absolute Gasteiger partial charge is 0.394 e. The minimum atomic E-state index is -1.29. The van der Waals surface area contributed by atoms with Gasteiger partial charge in [0, 0.05) is 0 Å². The van der Waals surface area contributed by atoms with Crippen LogP contribution in [0, 0.1) is 0 Å². The molecule has 0 heterocycles. The van der Waals surface area contributed by atoms with E-state index in [0.717, 1.165) is 38.5 Å². The van der Waals surface area contributed by atoms with Crippen LogP contribution < -0.4 is 5.32 Å². The van der Waals surface area contributed by atoms with Crippen LogP contribution in [-0.4, -0.2) is 57.3 Å². The van der Waals surface area contributed by atoms with Gasteiger partial charge in [-0.1, -0.05) is 218 Å². The molecule has 0 saturated carbocycles. The van der Waals surface area contributed by atoms with Crippen molar-refractivity contribution in [3.8, 4) is 0 Å². The fourth-order valence-electron chi connectivity index (χ4n) is 7.36. The van der Waals surface area contributed by atoms with Crippen LogP contribution in [0.5, 0.6) is 0 Å². The number of allylic oxidation sites excluding steroid dienone is 4. The van der Waals surface area contributed by atoms with Gasteiger partial charge in [0.1, 0.15) is 12.2 Å². The molecular weight excluding hydrogens is 671 g/mol. The highest BCUT2D eigenvalue weighted by atomic mass is 16.3. The average molecular weight is 764 g/mol.